The maximum absolute atomic E-state index is 14.0. The van der Waals surface area contributed by atoms with Crippen LogP contribution in [-0.2, 0) is 27.1 Å². The molecule has 2 unspecified atom stereocenters. The number of hydrogen-bond donors (Lipinski definition) is 1. The van der Waals surface area contributed by atoms with Crippen molar-refractivity contribution in [2.75, 3.05) is 10.2 Å². The first-order valence-corrected chi connectivity index (χ1v) is 15.6. The van der Waals surface area contributed by atoms with Crippen molar-refractivity contribution in [2.45, 2.75) is 28.9 Å². The van der Waals surface area contributed by atoms with Crippen LogP contribution in [0.3, 0.4) is 0 Å². The number of benzene rings is 4. The summed E-state index contributed by atoms with van der Waals surface area (Å²) >= 11 is 1.82. The van der Waals surface area contributed by atoms with Crippen LogP contribution < -0.4 is 15.1 Å². The molecule has 5 aromatic rings. The predicted octanol–water partition coefficient (Wildman–Crippen LogP) is 6.52. The highest BCUT2D eigenvalue weighted by Gasteiger charge is 2.57. The second-order valence-corrected chi connectivity index (χ2v) is 12.8. The number of thiazole rings is 1. The number of carbonyl (C=O) groups excluding carboxylic acids is 3. The summed E-state index contributed by atoms with van der Waals surface area (Å²) in [6, 6.07) is 26.3. The summed E-state index contributed by atoms with van der Waals surface area (Å²) < 4.78 is 43.2. The van der Waals surface area contributed by atoms with Gasteiger partial charge in [0.15, 0.2) is 0 Å². The summed E-state index contributed by atoms with van der Waals surface area (Å²) in [4.78, 5) is 55.2. The maximum Gasteiger partial charge on any atom is 0.418 e. The number of amides is 3. The van der Waals surface area contributed by atoms with Gasteiger partial charge in [0.2, 0.25) is 17.7 Å². The van der Waals surface area contributed by atoms with Crippen LogP contribution in [0.25, 0.3) is 10.8 Å². The summed E-state index contributed by atoms with van der Waals surface area (Å²) in [5.74, 6) is -3.89. The zero-order valence-electron chi connectivity index (χ0n) is 23.2. The summed E-state index contributed by atoms with van der Waals surface area (Å²) in [6.45, 7) is -0.359. The second-order valence-electron chi connectivity index (χ2n) is 10.7. The zero-order chi connectivity index (χ0) is 31.5. The van der Waals surface area contributed by atoms with Gasteiger partial charge in [-0.2, -0.15) is 13.2 Å². The average molecular weight is 646 g/mol. The van der Waals surface area contributed by atoms with Gasteiger partial charge in [-0.3, -0.25) is 23.7 Å². The molecule has 45 heavy (non-hydrogen) atoms. The fourth-order valence-electron chi connectivity index (χ4n) is 6.09. The van der Waals surface area contributed by atoms with Crippen LogP contribution in [0.5, 0.6) is 0 Å². The number of hydrogen-bond acceptors (Lipinski definition) is 6. The highest BCUT2D eigenvalue weighted by atomic mass is 32.2. The normalized spacial score (nSPS) is 19.4. The van der Waals surface area contributed by atoms with Crippen molar-refractivity contribution in [3.05, 3.63) is 123 Å². The number of anilines is 2. The molecule has 226 valence electrons. The zero-order valence-corrected chi connectivity index (χ0v) is 24.8. The summed E-state index contributed by atoms with van der Waals surface area (Å²) in [5.41, 5.74) is -0.421. The Balaban J connectivity index is 1.28. The van der Waals surface area contributed by atoms with Gasteiger partial charge in [-0.05, 0) is 29.1 Å². The number of halogens is 3. The Morgan fingerprint density at radius 2 is 1.51 bits per heavy atom. The number of nitrogens with one attached hydrogen (secondary N) is 1. The van der Waals surface area contributed by atoms with E-state index in [0.29, 0.717) is 26.1 Å². The molecule has 1 aromatic heterocycles. The number of para-hydroxylation sites is 1. The van der Waals surface area contributed by atoms with Crippen LogP contribution >= 0.6 is 23.1 Å². The van der Waals surface area contributed by atoms with Crippen molar-refractivity contribution in [1.29, 1.82) is 0 Å². The Hall–Kier alpha value is -4.68. The largest absolute Gasteiger partial charge is 0.418 e. The number of imide groups is 1. The molecule has 2 aliphatic heterocycles. The average Bonchev–Trinajstić information content (AvgIpc) is 3.47. The number of thioether (sulfide) groups is 1. The monoisotopic (exact) mass is 645 g/mol. The molecular formula is C33H22F3N3O4S2. The number of aromatic nitrogens is 1. The van der Waals surface area contributed by atoms with Gasteiger partial charge in [0.25, 0.3) is 0 Å². The second kappa shape index (κ2) is 11.0. The molecule has 7 rings (SSSR count). The van der Waals surface area contributed by atoms with Gasteiger partial charge in [-0.15, -0.1) is 0 Å². The van der Waals surface area contributed by atoms with Gasteiger partial charge in [0.05, 0.1) is 22.2 Å². The van der Waals surface area contributed by atoms with Crippen LogP contribution in [0, 0.1) is 5.92 Å². The van der Waals surface area contributed by atoms with Crippen LogP contribution in [0.1, 0.15) is 21.9 Å². The molecule has 1 fully saturated rings. The molecule has 4 aromatic carbocycles. The Bertz CT molecular complexity index is 2050. The molecule has 0 aliphatic carbocycles. The summed E-state index contributed by atoms with van der Waals surface area (Å²) in [5, 5.41) is 3.85. The fourth-order valence-corrected chi connectivity index (χ4v) is 8.86. The molecule has 3 heterocycles. The van der Waals surface area contributed by atoms with Crippen molar-refractivity contribution in [2.24, 2.45) is 5.92 Å². The quantitative estimate of drug-likeness (QED) is 0.220. The third-order valence-electron chi connectivity index (χ3n) is 8.02. The minimum atomic E-state index is -4.80. The van der Waals surface area contributed by atoms with Gasteiger partial charge in [0, 0.05) is 21.9 Å². The van der Waals surface area contributed by atoms with E-state index in [1.165, 1.54) is 16.7 Å². The fraction of sp³-hybridized carbons (Fsp3) is 0.152. The Kier molecular flexibility index (Phi) is 7.13. The van der Waals surface area contributed by atoms with E-state index in [2.05, 4.69) is 5.32 Å². The Labute approximate surface area is 262 Å². The van der Waals surface area contributed by atoms with Crippen molar-refractivity contribution in [3.63, 3.8) is 0 Å². The van der Waals surface area contributed by atoms with E-state index >= 15 is 0 Å². The number of fused-ring (bicyclic) bond motifs is 3. The first-order chi connectivity index (χ1) is 21.6. The highest BCUT2D eigenvalue weighted by molar-refractivity contribution is 8.00. The van der Waals surface area contributed by atoms with E-state index in [1.807, 2.05) is 36.4 Å². The van der Waals surface area contributed by atoms with Crippen molar-refractivity contribution >= 4 is 63.0 Å². The lowest BCUT2D eigenvalue weighted by molar-refractivity contribution is -0.137. The van der Waals surface area contributed by atoms with E-state index in [4.69, 9.17) is 0 Å². The lowest BCUT2D eigenvalue weighted by Crippen LogP contribution is -2.33. The molecule has 0 spiro atoms. The van der Waals surface area contributed by atoms with E-state index < -0.39 is 57.1 Å². The van der Waals surface area contributed by atoms with Gasteiger partial charge in [0.1, 0.15) is 11.8 Å². The molecule has 1 N–H and O–H groups in total. The molecular weight excluding hydrogens is 624 g/mol. The molecule has 1 saturated heterocycles. The van der Waals surface area contributed by atoms with Crippen molar-refractivity contribution < 1.29 is 27.6 Å². The molecule has 0 bridgehead atoms. The van der Waals surface area contributed by atoms with E-state index in [-0.39, 0.29) is 6.54 Å². The predicted molar refractivity (Wildman–Crippen MR) is 167 cm³/mol. The van der Waals surface area contributed by atoms with Gasteiger partial charge >= 0.3 is 11.0 Å². The van der Waals surface area contributed by atoms with E-state index in [1.54, 1.807) is 36.4 Å². The van der Waals surface area contributed by atoms with E-state index in [0.717, 1.165) is 46.0 Å². The SMILES string of the molecule is O=C(Cn1c2c(sc1=O)[C@H](c1ccccc1)C1C(=O)N(c3ccccc3C(F)(F)F)C(=O)C1S2)Nc1cccc2ccccc12. The van der Waals surface area contributed by atoms with E-state index in [9.17, 15) is 32.3 Å². The van der Waals surface area contributed by atoms with Gasteiger partial charge in [-0.1, -0.05) is 102 Å². The third-order valence-corrected chi connectivity index (χ3v) is 10.6. The summed E-state index contributed by atoms with van der Waals surface area (Å²) in [6.07, 6.45) is -4.80. The van der Waals surface area contributed by atoms with Crippen molar-refractivity contribution in [1.82, 2.24) is 4.57 Å². The first kappa shape index (κ1) is 29.1. The number of alkyl halides is 3. The molecule has 2 aliphatic rings. The van der Waals surface area contributed by atoms with Crippen LogP contribution in [0.15, 0.2) is 107 Å². The molecule has 3 atom stereocenters. The topological polar surface area (TPSA) is 88.5 Å². The number of rotatable bonds is 5. The number of carbonyl (C=O) groups is 3. The van der Waals surface area contributed by atoms with Gasteiger partial charge < -0.3 is 5.32 Å². The number of nitrogens with zero attached hydrogens (tertiary/aromatic N) is 2. The van der Waals surface area contributed by atoms with Crippen LogP contribution in [-0.4, -0.2) is 27.5 Å². The third kappa shape index (κ3) is 4.94. The first-order valence-electron chi connectivity index (χ1n) is 13.9. The molecule has 12 heteroatoms. The Morgan fingerprint density at radius 1 is 0.822 bits per heavy atom. The molecule has 0 saturated carbocycles. The van der Waals surface area contributed by atoms with Crippen LogP contribution in [0.2, 0.25) is 0 Å². The minimum absolute atomic E-state index is 0.347. The molecule has 7 nitrogen and oxygen atoms in total. The standard InChI is InChI=1S/C33H22F3N3O4S2/c34-33(35,36)21-14-6-7-16-23(21)39-29(41)26-25(19-10-2-1-3-11-19)28-31(44-27(26)30(39)42)38(32(43)45-28)17-24(40)37-22-15-8-12-18-9-4-5-13-20(18)22/h1-16,25-27H,17H2,(H,37,40)/t25-,26?,27?/m1/s1. The molecule has 0 radical (unpaired) electrons. The highest BCUT2D eigenvalue weighted by Crippen LogP contribution is 2.54. The minimum Gasteiger partial charge on any atom is -0.324 e. The summed E-state index contributed by atoms with van der Waals surface area (Å²) in [7, 11) is 0. The Morgan fingerprint density at radius 3 is 2.29 bits per heavy atom. The van der Waals surface area contributed by atoms with Gasteiger partial charge in [-0.25, -0.2) is 4.90 Å². The lowest BCUT2D eigenvalue weighted by Gasteiger charge is -2.30. The lowest BCUT2D eigenvalue weighted by atomic mass is 9.83. The molecule has 3 amide bonds. The van der Waals surface area contributed by atoms with Crippen LogP contribution in [0.4, 0.5) is 24.5 Å². The van der Waals surface area contributed by atoms with Crippen molar-refractivity contribution in [3.8, 4) is 0 Å². The smallest absolute Gasteiger partial charge is 0.324 e. The maximum atomic E-state index is 14.0.